The predicted octanol–water partition coefficient (Wildman–Crippen LogP) is 7.47. The number of anilines is 2. The molecule has 4 N–H and O–H groups in total. The molecule has 5 heterocycles. The Kier molecular flexibility index (Phi) is 12.9. The molecule has 3 aliphatic rings. The number of aromatic amines is 1. The van der Waals surface area contributed by atoms with Gasteiger partial charge >= 0.3 is 6.03 Å². The SMILES string of the molecule is Cc1c(NC(=O)c2ccc(C(C)(C)O)cc2F)cc(F)cc1-c1ncnc2[nH]c(C3=CCN(C(=O)CCCCN4CCC(Oc5ccc(N6CCC(=O)NC6=O)cc5)CC4)CC3)cc12. The number of rotatable bonds is 13. The second kappa shape index (κ2) is 18.7. The summed E-state index contributed by atoms with van der Waals surface area (Å²) in [7, 11) is 0. The first-order chi connectivity index (χ1) is 30.7. The summed E-state index contributed by atoms with van der Waals surface area (Å²) < 4.78 is 36.4. The van der Waals surface area contributed by atoms with Crippen molar-refractivity contribution in [1.29, 1.82) is 0 Å². The van der Waals surface area contributed by atoms with Gasteiger partial charge in [0.1, 0.15) is 35.5 Å². The molecule has 0 spiro atoms. The average Bonchev–Trinajstić information content (AvgIpc) is 3.72. The third-order valence-corrected chi connectivity index (χ3v) is 12.3. The van der Waals surface area contributed by atoms with Crippen molar-refractivity contribution in [2.24, 2.45) is 0 Å². The van der Waals surface area contributed by atoms with E-state index in [0.717, 1.165) is 74.1 Å². The lowest BCUT2D eigenvalue weighted by Crippen LogP contribution is -2.49. The topological polar surface area (TPSA) is 173 Å². The molecule has 3 aliphatic heterocycles. The molecular weight excluding hydrogens is 823 g/mol. The molecule has 0 unspecified atom stereocenters. The van der Waals surface area contributed by atoms with Crippen molar-refractivity contribution in [2.75, 3.05) is 49.5 Å². The van der Waals surface area contributed by atoms with Crippen LogP contribution < -0.4 is 20.3 Å². The zero-order valence-electron chi connectivity index (χ0n) is 36.2. The highest BCUT2D eigenvalue weighted by Crippen LogP contribution is 2.35. The van der Waals surface area contributed by atoms with Gasteiger partial charge in [-0.25, -0.2) is 23.5 Å². The zero-order chi connectivity index (χ0) is 45.1. The number of carbonyl (C=O) groups excluding carboxylic acids is 4. The number of piperidine rings is 1. The van der Waals surface area contributed by atoms with E-state index in [2.05, 4.69) is 30.5 Å². The Balaban J connectivity index is 0.808. The van der Waals surface area contributed by atoms with Crippen LogP contribution >= 0.6 is 0 Å². The third kappa shape index (κ3) is 9.98. The number of carbonyl (C=O) groups is 4. The van der Waals surface area contributed by atoms with Gasteiger partial charge in [-0.3, -0.25) is 24.6 Å². The number of halogens is 2. The van der Waals surface area contributed by atoms with Gasteiger partial charge in [0.25, 0.3) is 5.91 Å². The van der Waals surface area contributed by atoms with Gasteiger partial charge in [-0.2, -0.15) is 0 Å². The minimum atomic E-state index is -1.29. The minimum absolute atomic E-state index is 0.106. The molecule has 334 valence electrons. The van der Waals surface area contributed by atoms with Crippen LogP contribution in [-0.4, -0.2) is 99.0 Å². The summed E-state index contributed by atoms with van der Waals surface area (Å²) in [5, 5.41) is 15.9. The summed E-state index contributed by atoms with van der Waals surface area (Å²) in [5.41, 5.74) is 3.49. The number of hydrogen-bond acceptors (Lipinski definition) is 9. The number of H-pyrrole nitrogens is 1. The smallest absolute Gasteiger partial charge is 0.328 e. The molecule has 8 rings (SSSR count). The largest absolute Gasteiger partial charge is 0.490 e. The normalized spacial score (nSPS) is 16.5. The number of imide groups is 1. The van der Waals surface area contributed by atoms with Gasteiger partial charge in [0.2, 0.25) is 11.8 Å². The zero-order valence-corrected chi connectivity index (χ0v) is 36.2. The highest BCUT2D eigenvalue weighted by Gasteiger charge is 2.26. The quantitative estimate of drug-likeness (QED) is 0.0876. The summed E-state index contributed by atoms with van der Waals surface area (Å²) in [6.45, 7) is 8.95. The number of nitrogens with one attached hydrogen (secondary N) is 3. The molecular formula is C48H52F2N8O6. The maximum absolute atomic E-state index is 15.2. The van der Waals surface area contributed by atoms with Crippen LogP contribution in [0, 0.1) is 18.6 Å². The molecule has 5 aromatic rings. The molecule has 0 radical (unpaired) electrons. The highest BCUT2D eigenvalue weighted by atomic mass is 19.1. The number of amides is 5. The molecule has 2 aromatic heterocycles. The number of benzene rings is 3. The number of urea groups is 1. The molecule has 0 saturated carbocycles. The first kappa shape index (κ1) is 44.1. The molecule has 3 aromatic carbocycles. The Morgan fingerprint density at radius 1 is 0.953 bits per heavy atom. The fourth-order valence-corrected chi connectivity index (χ4v) is 8.52. The van der Waals surface area contributed by atoms with Gasteiger partial charge < -0.3 is 29.9 Å². The van der Waals surface area contributed by atoms with Crippen LogP contribution in [0.2, 0.25) is 0 Å². The lowest BCUT2D eigenvalue weighted by atomic mass is 9.96. The summed E-state index contributed by atoms with van der Waals surface area (Å²) in [4.78, 5) is 68.2. The second-order valence-electron chi connectivity index (χ2n) is 17.2. The summed E-state index contributed by atoms with van der Waals surface area (Å²) in [6.07, 6.45) is 8.48. The van der Waals surface area contributed by atoms with E-state index in [0.29, 0.717) is 65.9 Å². The number of likely N-dealkylation sites (tertiary alicyclic amines) is 1. The van der Waals surface area contributed by atoms with E-state index in [4.69, 9.17) is 4.74 Å². The van der Waals surface area contributed by atoms with Crippen molar-refractivity contribution in [1.82, 2.24) is 30.1 Å². The van der Waals surface area contributed by atoms with Crippen LogP contribution in [0.3, 0.4) is 0 Å². The highest BCUT2D eigenvalue weighted by molar-refractivity contribution is 6.06. The average molecular weight is 875 g/mol. The maximum Gasteiger partial charge on any atom is 0.328 e. The number of hydrogen-bond donors (Lipinski definition) is 4. The Morgan fingerprint density at radius 3 is 2.44 bits per heavy atom. The third-order valence-electron chi connectivity index (χ3n) is 12.3. The number of unbranched alkanes of at least 4 members (excludes halogenated alkanes) is 1. The van der Waals surface area contributed by atoms with Crippen LogP contribution in [0.25, 0.3) is 27.9 Å². The minimum Gasteiger partial charge on any atom is -0.490 e. The van der Waals surface area contributed by atoms with Crippen LogP contribution in [0.4, 0.5) is 25.0 Å². The van der Waals surface area contributed by atoms with Gasteiger partial charge in [-0.15, -0.1) is 0 Å². The maximum atomic E-state index is 15.2. The lowest BCUT2D eigenvalue weighted by molar-refractivity contribution is -0.131. The molecule has 14 nitrogen and oxygen atoms in total. The second-order valence-corrected chi connectivity index (χ2v) is 17.2. The molecule has 2 fully saturated rings. The van der Waals surface area contributed by atoms with Crippen molar-refractivity contribution < 1.29 is 37.8 Å². The van der Waals surface area contributed by atoms with E-state index in [1.807, 2.05) is 41.3 Å². The molecule has 0 bridgehead atoms. The number of aliphatic hydroxyl groups is 1. The van der Waals surface area contributed by atoms with Gasteiger partial charge in [0.15, 0.2) is 0 Å². The van der Waals surface area contributed by atoms with Crippen molar-refractivity contribution in [2.45, 2.75) is 77.4 Å². The van der Waals surface area contributed by atoms with Gasteiger partial charge in [-0.05, 0) is 131 Å². The number of aromatic nitrogens is 3. The summed E-state index contributed by atoms with van der Waals surface area (Å²) >= 11 is 0. The van der Waals surface area contributed by atoms with Crippen molar-refractivity contribution in [3.8, 4) is 17.0 Å². The predicted molar refractivity (Wildman–Crippen MR) is 239 cm³/mol. The molecule has 0 aliphatic carbocycles. The Hall–Kier alpha value is -6.52. The molecule has 0 atom stereocenters. The number of nitrogens with zero attached hydrogens (tertiary/aromatic N) is 5. The van der Waals surface area contributed by atoms with E-state index >= 15 is 4.39 Å². The summed E-state index contributed by atoms with van der Waals surface area (Å²) in [6, 6.07) is 15.3. The molecule has 16 heteroatoms. The van der Waals surface area contributed by atoms with Crippen molar-refractivity contribution >= 4 is 51.7 Å². The first-order valence-corrected chi connectivity index (χ1v) is 21.8. The summed E-state index contributed by atoms with van der Waals surface area (Å²) in [5.74, 6) is -1.56. The standard InChI is InChI=1S/C48H52F2N8O6/c1-29-37(25-32(49)26-40(29)54-46(61)36-12-7-31(24-39(36)50)48(2,3)63)44-38-27-41(53-45(38)52-28-51-44)30-13-21-57(22-14-30)43(60)6-4-5-18-56-19-15-35(16-20-56)64-34-10-8-33(9-11-34)58-23-17-42(59)55-47(58)62/h7-13,24-28,35,63H,4-6,14-23H2,1-3H3,(H,54,61)(H,51,52,53)(H,55,59,62). The van der Waals surface area contributed by atoms with E-state index in [1.54, 1.807) is 11.8 Å². The van der Waals surface area contributed by atoms with Crippen LogP contribution in [0.5, 0.6) is 5.75 Å². The van der Waals surface area contributed by atoms with E-state index in [9.17, 15) is 28.7 Å². The van der Waals surface area contributed by atoms with Crippen molar-refractivity contribution in [3.63, 3.8) is 0 Å². The number of fused-ring (bicyclic) bond motifs is 1. The van der Waals surface area contributed by atoms with Gasteiger partial charge in [0.05, 0.1) is 16.9 Å². The molecule has 5 amide bonds. The molecule has 64 heavy (non-hydrogen) atoms. The van der Waals surface area contributed by atoms with Gasteiger partial charge in [-0.1, -0.05) is 12.1 Å². The monoisotopic (exact) mass is 874 g/mol. The van der Waals surface area contributed by atoms with Crippen LogP contribution in [-0.2, 0) is 15.2 Å². The van der Waals surface area contributed by atoms with E-state index in [1.165, 1.54) is 44.4 Å². The van der Waals surface area contributed by atoms with Crippen LogP contribution in [0.15, 0.2) is 73.1 Å². The lowest BCUT2D eigenvalue weighted by Gasteiger charge is -2.32. The Morgan fingerprint density at radius 2 is 1.73 bits per heavy atom. The molecule has 2 saturated heterocycles. The van der Waals surface area contributed by atoms with Crippen LogP contribution in [0.1, 0.15) is 86.0 Å². The fraction of sp³-hybridized carbons (Fsp3) is 0.375. The Labute approximate surface area is 369 Å². The fourth-order valence-electron chi connectivity index (χ4n) is 8.52. The van der Waals surface area contributed by atoms with E-state index in [-0.39, 0.29) is 35.6 Å². The Bertz CT molecular complexity index is 2620. The first-order valence-electron chi connectivity index (χ1n) is 21.8. The van der Waals surface area contributed by atoms with E-state index < -0.39 is 29.2 Å². The van der Waals surface area contributed by atoms with Crippen molar-refractivity contribution in [3.05, 3.63) is 107 Å². The van der Waals surface area contributed by atoms with Gasteiger partial charge in [0, 0.05) is 73.6 Å². The number of ether oxygens (including phenoxy) is 1.